The third kappa shape index (κ3) is 7.24. The highest BCUT2D eigenvalue weighted by Crippen LogP contribution is 2.34. The summed E-state index contributed by atoms with van der Waals surface area (Å²) < 4.78 is 24.4. The Bertz CT molecular complexity index is 1190. The molecule has 0 saturated carbocycles. The summed E-state index contributed by atoms with van der Waals surface area (Å²) >= 11 is 6.13. The summed E-state index contributed by atoms with van der Waals surface area (Å²) in [7, 11) is 0. The second-order valence-corrected chi connectivity index (χ2v) is 11.8. The van der Waals surface area contributed by atoms with E-state index in [1.165, 1.54) is 24.3 Å². The molecule has 2 aliphatic rings. The average molecular weight is 574 g/mol. The van der Waals surface area contributed by atoms with Crippen molar-refractivity contribution in [2.45, 2.75) is 58.1 Å². The van der Waals surface area contributed by atoms with Crippen molar-refractivity contribution in [2.24, 2.45) is 5.92 Å². The van der Waals surface area contributed by atoms with Gasteiger partial charge in [0.05, 0.1) is 6.04 Å². The number of rotatable bonds is 5. The number of likely N-dealkylation sites (tertiary alicyclic amines) is 2. The van der Waals surface area contributed by atoms with E-state index in [9.17, 15) is 18.8 Å². The molecule has 2 aliphatic heterocycles. The van der Waals surface area contributed by atoms with Gasteiger partial charge in [-0.3, -0.25) is 4.79 Å². The van der Waals surface area contributed by atoms with Gasteiger partial charge in [0.15, 0.2) is 0 Å². The van der Waals surface area contributed by atoms with Crippen molar-refractivity contribution in [1.82, 2.24) is 14.7 Å². The van der Waals surface area contributed by atoms with E-state index in [0.717, 1.165) is 5.56 Å². The van der Waals surface area contributed by atoms with Gasteiger partial charge in [0.25, 0.3) is 0 Å². The molecule has 0 radical (unpaired) electrons. The quantitative estimate of drug-likeness (QED) is 0.442. The van der Waals surface area contributed by atoms with Gasteiger partial charge in [-0.15, -0.1) is 0 Å². The van der Waals surface area contributed by atoms with Crippen LogP contribution in [0.4, 0.5) is 14.0 Å². The first-order valence-corrected chi connectivity index (χ1v) is 14.1. The lowest BCUT2D eigenvalue weighted by Crippen LogP contribution is -2.47. The zero-order valence-electron chi connectivity index (χ0n) is 23.4. The topological polar surface area (TPSA) is 79.4 Å². The van der Waals surface area contributed by atoms with E-state index in [1.54, 1.807) is 21.9 Å². The van der Waals surface area contributed by atoms with E-state index in [0.29, 0.717) is 50.6 Å². The van der Waals surface area contributed by atoms with Gasteiger partial charge in [0, 0.05) is 49.6 Å². The Morgan fingerprint density at radius 3 is 2.17 bits per heavy atom. The van der Waals surface area contributed by atoms with Crippen molar-refractivity contribution in [3.63, 3.8) is 0 Å². The van der Waals surface area contributed by atoms with Crippen LogP contribution in [0.2, 0.25) is 5.02 Å². The maximum atomic E-state index is 13.7. The molecule has 216 valence electrons. The lowest BCUT2D eigenvalue weighted by atomic mass is 9.93. The molecular weight excluding hydrogens is 537 g/mol. The first-order valence-electron chi connectivity index (χ1n) is 13.7. The predicted molar refractivity (Wildman–Crippen MR) is 150 cm³/mol. The number of hydrogen-bond donors (Lipinski definition) is 0. The van der Waals surface area contributed by atoms with Crippen LogP contribution in [-0.2, 0) is 9.53 Å². The van der Waals surface area contributed by atoms with Crippen LogP contribution in [0.1, 0.15) is 52.0 Å². The van der Waals surface area contributed by atoms with Gasteiger partial charge >= 0.3 is 12.2 Å². The summed E-state index contributed by atoms with van der Waals surface area (Å²) in [6.45, 7) is 9.42. The molecular formula is C30H37ClFN3O5. The minimum atomic E-state index is -0.575. The Hall–Kier alpha value is -3.33. The minimum Gasteiger partial charge on any atom is -0.444 e. The number of benzene rings is 2. The molecule has 0 aromatic heterocycles. The minimum absolute atomic E-state index is 0.0215. The summed E-state index contributed by atoms with van der Waals surface area (Å²) in [5, 5.41) is 0.603. The number of amides is 3. The smallest absolute Gasteiger partial charge is 0.415 e. The average Bonchev–Trinajstić information content (AvgIpc) is 3.34. The first kappa shape index (κ1) is 29.6. The number of carbonyl (C=O) groups is 3. The Labute approximate surface area is 240 Å². The second kappa shape index (κ2) is 12.5. The van der Waals surface area contributed by atoms with Gasteiger partial charge in [-0.05, 0) is 82.5 Å². The second-order valence-electron chi connectivity index (χ2n) is 11.3. The van der Waals surface area contributed by atoms with E-state index < -0.39 is 17.5 Å². The van der Waals surface area contributed by atoms with Crippen LogP contribution in [0.5, 0.6) is 5.75 Å². The van der Waals surface area contributed by atoms with Crippen molar-refractivity contribution >= 4 is 29.7 Å². The first-order chi connectivity index (χ1) is 18.9. The molecule has 2 saturated heterocycles. The summed E-state index contributed by atoms with van der Waals surface area (Å²) in [6, 6.07) is 12.4. The van der Waals surface area contributed by atoms with Crippen LogP contribution >= 0.6 is 11.6 Å². The normalized spacial score (nSPS) is 19.9. The summed E-state index contributed by atoms with van der Waals surface area (Å²) in [5.74, 6) is -0.519. The molecule has 2 fully saturated rings. The molecule has 0 spiro atoms. The Morgan fingerprint density at radius 2 is 1.60 bits per heavy atom. The molecule has 2 heterocycles. The number of piperidine rings is 1. The van der Waals surface area contributed by atoms with Crippen molar-refractivity contribution in [3.8, 4) is 5.75 Å². The zero-order chi connectivity index (χ0) is 29.0. The molecule has 10 heteroatoms. The predicted octanol–water partition coefficient (Wildman–Crippen LogP) is 5.94. The number of halogens is 2. The highest BCUT2D eigenvalue weighted by atomic mass is 35.5. The molecule has 0 unspecified atom stereocenters. The Balaban J connectivity index is 1.48. The van der Waals surface area contributed by atoms with Crippen molar-refractivity contribution in [1.29, 1.82) is 0 Å². The zero-order valence-corrected chi connectivity index (χ0v) is 24.2. The van der Waals surface area contributed by atoms with E-state index >= 15 is 0 Å². The molecule has 0 N–H and O–H groups in total. The van der Waals surface area contributed by atoms with E-state index in [-0.39, 0.29) is 35.6 Å². The van der Waals surface area contributed by atoms with Gasteiger partial charge in [0.2, 0.25) is 5.91 Å². The lowest BCUT2D eigenvalue weighted by molar-refractivity contribution is -0.136. The molecule has 4 rings (SSSR count). The highest BCUT2D eigenvalue weighted by molar-refractivity contribution is 6.30. The molecule has 0 aliphatic carbocycles. The molecule has 2 aromatic rings. The molecule has 8 nitrogen and oxygen atoms in total. The van der Waals surface area contributed by atoms with Crippen LogP contribution in [0.15, 0.2) is 48.5 Å². The molecule has 2 aromatic carbocycles. The van der Waals surface area contributed by atoms with Crippen LogP contribution in [0.25, 0.3) is 0 Å². The van der Waals surface area contributed by atoms with Crippen LogP contribution in [0, 0.1) is 11.7 Å². The summed E-state index contributed by atoms with van der Waals surface area (Å²) in [5.41, 5.74) is 0.394. The number of hydrogen-bond acceptors (Lipinski definition) is 5. The van der Waals surface area contributed by atoms with Crippen LogP contribution in [-0.4, -0.2) is 77.2 Å². The fourth-order valence-electron chi connectivity index (χ4n) is 5.37. The van der Waals surface area contributed by atoms with Gasteiger partial charge < -0.3 is 24.2 Å². The van der Waals surface area contributed by atoms with Crippen LogP contribution < -0.4 is 4.74 Å². The fraction of sp³-hybridized carbons (Fsp3) is 0.500. The van der Waals surface area contributed by atoms with Crippen molar-refractivity contribution in [2.75, 3.05) is 32.7 Å². The van der Waals surface area contributed by atoms with Crippen LogP contribution in [0.3, 0.4) is 0 Å². The summed E-state index contributed by atoms with van der Waals surface area (Å²) in [4.78, 5) is 44.5. The summed E-state index contributed by atoms with van der Waals surface area (Å²) in [6.07, 6.45) is 0.183. The number of ether oxygens (including phenoxy) is 2. The van der Waals surface area contributed by atoms with Crippen molar-refractivity contribution < 1.29 is 28.2 Å². The maximum absolute atomic E-state index is 13.7. The third-order valence-electron chi connectivity index (χ3n) is 7.39. The Morgan fingerprint density at radius 1 is 0.975 bits per heavy atom. The Kier molecular flexibility index (Phi) is 9.23. The number of carbonyl (C=O) groups excluding carboxylic acids is 3. The third-order valence-corrected chi connectivity index (χ3v) is 7.64. The SMILES string of the molecule is CCN(C(=O)Oc1ccc(F)cc1)[C@@H]1CN(C(=O)C2CCN(C(=O)OC(C)(C)C)CC2)C[C@H]1c1ccc(Cl)cc1. The van der Waals surface area contributed by atoms with Gasteiger partial charge in [-0.1, -0.05) is 23.7 Å². The lowest BCUT2D eigenvalue weighted by Gasteiger charge is -2.34. The fourth-order valence-corrected chi connectivity index (χ4v) is 5.50. The van der Waals surface area contributed by atoms with E-state index in [2.05, 4.69) is 0 Å². The molecule has 2 atom stereocenters. The largest absolute Gasteiger partial charge is 0.444 e. The number of nitrogens with zero attached hydrogens (tertiary/aromatic N) is 3. The number of likely N-dealkylation sites (N-methyl/N-ethyl adjacent to an activating group) is 1. The standard InChI is InChI=1S/C30H37ClFN3O5/c1-5-35(29(38)39-24-12-10-23(32)11-13-24)26-19-34(18-25(26)20-6-8-22(31)9-7-20)27(36)21-14-16-33(17-15-21)28(37)40-30(2,3)4/h6-13,21,25-26H,5,14-19H2,1-4H3/t25-,26+/m0/s1. The van der Waals surface area contributed by atoms with E-state index in [1.807, 2.05) is 44.7 Å². The maximum Gasteiger partial charge on any atom is 0.415 e. The highest BCUT2D eigenvalue weighted by Gasteiger charge is 2.43. The molecule has 0 bridgehead atoms. The van der Waals surface area contributed by atoms with Gasteiger partial charge in [0.1, 0.15) is 17.2 Å². The molecule has 40 heavy (non-hydrogen) atoms. The van der Waals surface area contributed by atoms with E-state index in [4.69, 9.17) is 21.1 Å². The molecule has 3 amide bonds. The van der Waals surface area contributed by atoms with Gasteiger partial charge in [-0.25, -0.2) is 14.0 Å². The van der Waals surface area contributed by atoms with Crippen molar-refractivity contribution in [3.05, 3.63) is 64.9 Å². The van der Waals surface area contributed by atoms with Gasteiger partial charge in [-0.2, -0.15) is 0 Å². The monoisotopic (exact) mass is 573 g/mol.